The van der Waals surface area contributed by atoms with Crippen molar-refractivity contribution in [1.82, 2.24) is 19.6 Å². The maximum atomic E-state index is 11.8. The van der Waals surface area contributed by atoms with Gasteiger partial charge in [0, 0.05) is 12.4 Å². The molecule has 14 heteroatoms. The van der Waals surface area contributed by atoms with Crippen molar-refractivity contribution in [2.75, 3.05) is 7.11 Å². The first-order valence-electron chi connectivity index (χ1n) is 6.67. The van der Waals surface area contributed by atoms with Crippen LogP contribution in [0.25, 0.3) is 0 Å². The molecule has 2 heterocycles. The van der Waals surface area contributed by atoms with Gasteiger partial charge in [-0.3, -0.25) is 9.36 Å². The Morgan fingerprint density at radius 2 is 1.43 bits per heavy atom. The molecule has 2 aromatic rings. The second-order valence-electron chi connectivity index (χ2n) is 4.42. The number of rotatable bonds is 6. The molecule has 0 fully saturated rings. The predicted octanol–water partition coefficient (Wildman–Crippen LogP) is -0.755. The Balaban J connectivity index is -0.000000404. The van der Waals surface area contributed by atoms with Crippen LogP contribution in [0.2, 0.25) is 0 Å². The third-order valence-corrected chi connectivity index (χ3v) is 2.55. The van der Waals surface area contributed by atoms with Gasteiger partial charge in [0.1, 0.15) is 13.1 Å². The molecule has 0 aromatic carbocycles. The zero-order valence-corrected chi connectivity index (χ0v) is 14.3. The minimum Gasteiger partial charge on any atom is -0.870 e. The molecule has 0 aliphatic heterocycles. The number of carboxylic acids is 1. The Morgan fingerprint density at radius 3 is 1.75 bits per heavy atom. The summed E-state index contributed by atoms with van der Waals surface area (Å²) in [5.41, 5.74) is -0.196. The fourth-order valence-electron chi connectivity index (χ4n) is 1.54. The molecule has 154 valence electrons. The Labute approximate surface area is 169 Å². The molecule has 2 rings (SSSR count). The fraction of sp³-hybridized carbons (Fsp3) is 0.429. The zero-order chi connectivity index (χ0) is 19.0. The van der Waals surface area contributed by atoms with Crippen LogP contribution in [-0.2, 0) is 17.8 Å². The normalized spacial score (nSPS) is 9.39. The fourth-order valence-corrected chi connectivity index (χ4v) is 1.54. The number of carboxylic acid groups (broad SMARTS) is 1. The van der Waals surface area contributed by atoms with Crippen LogP contribution in [0.3, 0.4) is 0 Å². The Kier molecular flexibility index (Phi) is 15.9. The number of hydrogen-bond donors (Lipinski definition) is 1. The zero-order valence-electron chi connectivity index (χ0n) is 14.3. The van der Waals surface area contributed by atoms with E-state index in [1.54, 1.807) is 0 Å². The standard InChI is InChI=1S/C7H8F2N2O2.C6H6F2N2O2.CH4.Li.H2O/c1-13-7(12)5-2-3-11(10-5)4-6(8)9;7-5(8)3-10-2-1-4(9-10)6(11)12;;;/h2-3,6H,4H2,1H3;1-2,5H,3H2,(H,11,12);1H4;;1H2/q;;;+1;/p-1. The number of halogens is 4. The third-order valence-electron chi connectivity index (χ3n) is 2.55. The first kappa shape index (κ1) is 30.4. The number of alkyl halides is 4. The SMILES string of the molecule is C.COC(=O)c1ccn(CC(F)F)n1.O=C(O)c1ccn(CC(F)F)n1.[Li+].[OH-]. The van der Waals surface area contributed by atoms with E-state index in [0.717, 1.165) is 9.36 Å². The van der Waals surface area contributed by atoms with Crippen molar-refractivity contribution in [3.05, 3.63) is 35.9 Å². The van der Waals surface area contributed by atoms with Crippen LogP contribution in [0.15, 0.2) is 24.5 Å². The van der Waals surface area contributed by atoms with Crippen molar-refractivity contribution >= 4 is 11.9 Å². The summed E-state index contributed by atoms with van der Waals surface area (Å²) >= 11 is 0. The van der Waals surface area contributed by atoms with E-state index in [1.165, 1.54) is 31.6 Å². The molecule has 0 radical (unpaired) electrons. The van der Waals surface area contributed by atoms with Gasteiger partial charge in [-0.25, -0.2) is 27.2 Å². The number of hydrogen-bond acceptors (Lipinski definition) is 6. The molecule has 9 nitrogen and oxygen atoms in total. The van der Waals surface area contributed by atoms with Crippen LogP contribution in [0.5, 0.6) is 0 Å². The topological polar surface area (TPSA) is 129 Å². The molecule has 2 aromatic heterocycles. The van der Waals surface area contributed by atoms with Gasteiger partial charge in [-0.05, 0) is 12.1 Å². The smallest absolute Gasteiger partial charge is 0.870 e. The summed E-state index contributed by atoms with van der Waals surface area (Å²) in [7, 11) is 1.20. The summed E-state index contributed by atoms with van der Waals surface area (Å²) < 4.78 is 53.4. The van der Waals surface area contributed by atoms with Gasteiger partial charge in [0.05, 0.1) is 7.11 Å². The third kappa shape index (κ3) is 10.7. The molecule has 0 amide bonds. The van der Waals surface area contributed by atoms with Gasteiger partial charge in [-0.15, -0.1) is 0 Å². The van der Waals surface area contributed by atoms with Crippen molar-refractivity contribution in [2.24, 2.45) is 0 Å². The van der Waals surface area contributed by atoms with Gasteiger partial charge in [-0.2, -0.15) is 10.2 Å². The van der Waals surface area contributed by atoms with Crippen LogP contribution in [0.4, 0.5) is 17.6 Å². The van der Waals surface area contributed by atoms with E-state index in [1.807, 2.05) is 0 Å². The summed E-state index contributed by atoms with van der Waals surface area (Å²) in [5, 5.41) is 15.3. The molecule has 0 atom stereocenters. The Hall–Kier alpha value is -2.36. The monoisotopic (exact) mass is 406 g/mol. The summed E-state index contributed by atoms with van der Waals surface area (Å²) in [6.45, 7) is -1.09. The van der Waals surface area contributed by atoms with Crippen molar-refractivity contribution in [3.63, 3.8) is 0 Å². The molecule has 0 saturated carbocycles. The van der Waals surface area contributed by atoms with Crippen molar-refractivity contribution in [1.29, 1.82) is 0 Å². The van der Waals surface area contributed by atoms with E-state index < -0.39 is 37.9 Å². The van der Waals surface area contributed by atoms with Crippen molar-refractivity contribution in [3.8, 4) is 0 Å². The van der Waals surface area contributed by atoms with Crippen LogP contribution in [0, 0.1) is 0 Å². The van der Waals surface area contributed by atoms with Crippen LogP contribution in [0.1, 0.15) is 28.4 Å². The maximum Gasteiger partial charge on any atom is 1.00 e. The molecule has 0 aliphatic rings. The van der Waals surface area contributed by atoms with Crippen LogP contribution < -0.4 is 18.9 Å². The molecule has 0 saturated heterocycles. The maximum absolute atomic E-state index is 11.8. The first-order valence-corrected chi connectivity index (χ1v) is 6.67. The number of methoxy groups -OCH3 is 1. The number of nitrogens with zero attached hydrogens (tertiary/aromatic N) is 4. The van der Waals surface area contributed by atoms with Crippen molar-refractivity contribution < 1.29 is 61.3 Å². The average molecular weight is 406 g/mol. The number of esters is 1. The van der Waals surface area contributed by atoms with Gasteiger partial charge < -0.3 is 15.3 Å². The van der Waals surface area contributed by atoms with Crippen molar-refractivity contribution in [2.45, 2.75) is 33.4 Å². The number of carbonyl (C=O) groups is 2. The summed E-state index contributed by atoms with van der Waals surface area (Å²) in [4.78, 5) is 21.1. The van der Waals surface area contributed by atoms with Gasteiger partial charge in [-0.1, -0.05) is 7.43 Å². The molecule has 2 N–H and O–H groups in total. The molecule has 0 unspecified atom stereocenters. The van der Waals surface area contributed by atoms with E-state index in [4.69, 9.17) is 5.11 Å². The largest absolute Gasteiger partial charge is 1.00 e. The number of carbonyl (C=O) groups excluding carboxylic acids is 1. The second kappa shape index (κ2) is 14.7. The minimum absolute atomic E-state index is 0. The molecule has 0 aliphatic carbocycles. The number of aromatic nitrogens is 4. The quantitative estimate of drug-likeness (QED) is 0.379. The van der Waals surface area contributed by atoms with E-state index in [0.29, 0.717) is 0 Å². The van der Waals surface area contributed by atoms with Gasteiger partial charge >= 0.3 is 30.8 Å². The van der Waals surface area contributed by atoms with E-state index in [9.17, 15) is 27.2 Å². The first-order chi connectivity index (χ1) is 11.7. The summed E-state index contributed by atoms with van der Waals surface area (Å²) in [5.74, 6) is -1.85. The van der Waals surface area contributed by atoms with E-state index in [2.05, 4.69) is 14.9 Å². The van der Waals surface area contributed by atoms with Crippen LogP contribution in [-0.4, -0.2) is 62.0 Å². The molecular weight excluding hydrogens is 387 g/mol. The van der Waals surface area contributed by atoms with Gasteiger partial charge in [0.25, 0.3) is 12.9 Å². The van der Waals surface area contributed by atoms with E-state index >= 15 is 0 Å². The number of ether oxygens (including phenoxy) is 1. The van der Waals surface area contributed by atoms with Gasteiger partial charge in [0.2, 0.25) is 0 Å². The molecule has 0 spiro atoms. The summed E-state index contributed by atoms with van der Waals surface area (Å²) in [6, 6.07) is 2.50. The molecular formula is C14H19F4LiN4O5. The van der Waals surface area contributed by atoms with Crippen LogP contribution >= 0.6 is 0 Å². The summed E-state index contributed by atoms with van der Waals surface area (Å²) in [6.07, 6.45) is -2.49. The Bertz CT molecular complexity index is 711. The predicted molar refractivity (Wildman–Crippen MR) is 83.4 cm³/mol. The van der Waals surface area contributed by atoms with Gasteiger partial charge in [0.15, 0.2) is 11.4 Å². The number of aromatic carboxylic acids is 1. The molecule has 0 bridgehead atoms. The second-order valence-corrected chi connectivity index (χ2v) is 4.42. The minimum atomic E-state index is -2.52. The Morgan fingerprint density at radius 1 is 1.04 bits per heavy atom. The molecule has 28 heavy (non-hydrogen) atoms. The van der Waals surface area contributed by atoms with E-state index in [-0.39, 0.29) is 43.2 Å². The average Bonchev–Trinajstić information content (AvgIpc) is 3.15.